The minimum Gasteiger partial charge on any atom is -0.490 e. The Morgan fingerprint density at radius 1 is 0.976 bits per heavy atom. The zero-order valence-corrected chi connectivity index (χ0v) is 25.5. The molecule has 1 fully saturated rings. The van der Waals surface area contributed by atoms with Crippen LogP contribution in [-0.2, 0) is 11.4 Å². The Hall–Kier alpha value is -3.30. The first kappa shape index (κ1) is 29.2. The third-order valence-electron chi connectivity index (χ3n) is 5.84. The molecule has 1 amide bonds. The van der Waals surface area contributed by atoms with Crippen LogP contribution in [0.1, 0.15) is 18.1 Å². The largest absolute Gasteiger partial charge is 0.490 e. The summed E-state index contributed by atoms with van der Waals surface area (Å²) in [5.41, 5.74) is 2.71. The Labute approximate surface area is 259 Å². The molecule has 0 N–H and O–H groups in total. The SMILES string of the molecule is CCOc1cc(/C=C2\SC(=Nc3ccc(Cl)cc3)N(c3ccc(Cl)cc3)C2=O)cc(Br)c1OCc1cccc(F)c1. The third-order valence-corrected chi connectivity index (χ3v) is 7.91. The molecule has 208 valence electrons. The number of aliphatic imine (C=N–C) groups is 1. The summed E-state index contributed by atoms with van der Waals surface area (Å²) in [4.78, 5) is 20.5. The van der Waals surface area contributed by atoms with Crippen LogP contribution in [0.3, 0.4) is 0 Å². The van der Waals surface area contributed by atoms with Crippen molar-refractivity contribution < 1.29 is 18.7 Å². The smallest absolute Gasteiger partial charge is 0.271 e. The molecule has 0 radical (unpaired) electrons. The number of nitrogens with zero attached hydrogens (tertiary/aromatic N) is 2. The highest BCUT2D eigenvalue weighted by molar-refractivity contribution is 9.10. The van der Waals surface area contributed by atoms with Crippen LogP contribution in [0, 0.1) is 5.82 Å². The second-order valence-electron chi connectivity index (χ2n) is 8.78. The molecule has 1 aliphatic rings. The molecule has 0 spiro atoms. The van der Waals surface area contributed by atoms with E-state index in [1.807, 2.05) is 13.0 Å². The van der Waals surface area contributed by atoms with Gasteiger partial charge in [-0.3, -0.25) is 9.69 Å². The lowest BCUT2D eigenvalue weighted by Gasteiger charge is -2.16. The summed E-state index contributed by atoms with van der Waals surface area (Å²) < 4.78 is 26.1. The van der Waals surface area contributed by atoms with E-state index in [1.54, 1.807) is 77.7 Å². The second kappa shape index (κ2) is 13.1. The number of carbonyl (C=O) groups is 1. The molecular weight excluding hydrogens is 650 g/mol. The summed E-state index contributed by atoms with van der Waals surface area (Å²) in [6.07, 6.45) is 1.78. The van der Waals surface area contributed by atoms with Crippen LogP contribution >= 0.6 is 50.9 Å². The van der Waals surface area contributed by atoms with Gasteiger partial charge in [-0.15, -0.1) is 0 Å². The van der Waals surface area contributed by atoms with Gasteiger partial charge in [-0.25, -0.2) is 9.38 Å². The predicted molar refractivity (Wildman–Crippen MR) is 169 cm³/mol. The molecule has 0 saturated carbocycles. The predicted octanol–water partition coefficient (Wildman–Crippen LogP) is 9.68. The Bertz CT molecular complexity index is 1650. The number of rotatable bonds is 8. The van der Waals surface area contributed by atoms with Crippen LogP contribution in [0.5, 0.6) is 11.5 Å². The van der Waals surface area contributed by atoms with Crippen molar-refractivity contribution in [3.63, 3.8) is 0 Å². The van der Waals surface area contributed by atoms with Crippen molar-refractivity contribution in [2.24, 2.45) is 4.99 Å². The van der Waals surface area contributed by atoms with Gasteiger partial charge in [-0.05, 0) is 125 Å². The topological polar surface area (TPSA) is 51.1 Å². The highest BCUT2D eigenvalue weighted by atomic mass is 79.9. The number of halogens is 4. The molecule has 4 aromatic rings. The van der Waals surface area contributed by atoms with Crippen molar-refractivity contribution in [3.8, 4) is 11.5 Å². The molecule has 1 aliphatic heterocycles. The number of benzene rings is 4. The standard InChI is InChI=1S/C31H22BrCl2FN2O3S/c1-2-39-27-16-20(15-26(32)29(27)40-18-19-4-3-5-23(35)14-19)17-28-30(38)37(25-12-8-22(34)9-13-25)31(41-28)36-24-10-6-21(33)7-11-24/h3-17H,2,18H2,1H3/b28-17-,36-31?. The normalized spacial score (nSPS) is 15.1. The lowest BCUT2D eigenvalue weighted by atomic mass is 10.1. The average molecular weight is 672 g/mol. The summed E-state index contributed by atoms with van der Waals surface area (Å²) in [7, 11) is 0. The summed E-state index contributed by atoms with van der Waals surface area (Å²) in [5, 5.41) is 1.65. The highest BCUT2D eigenvalue weighted by Crippen LogP contribution is 2.41. The van der Waals surface area contributed by atoms with Crippen LogP contribution < -0.4 is 14.4 Å². The Kier molecular flexibility index (Phi) is 9.35. The van der Waals surface area contributed by atoms with E-state index in [2.05, 4.69) is 15.9 Å². The van der Waals surface area contributed by atoms with Gasteiger partial charge in [0.1, 0.15) is 12.4 Å². The number of hydrogen-bond acceptors (Lipinski definition) is 5. The molecule has 1 heterocycles. The fraction of sp³-hybridized carbons (Fsp3) is 0.0968. The van der Waals surface area contributed by atoms with Gasteiger partial charge in [0.15, 0.2) is 16.7 Å². The zero-order chi connectivity index (χ0) is 28.9. The van der Waals surface area contributed by atoms with Gasteiger partial charge in [0.25, 0.3) is 5.91 Å². The maximum atomic E-state index is 13.7. The van der Waals surface area contributed by atoms with Gasteiger partial charge < -0.3 is 9.47 Å². The highest BCUT2D eigenvalue weighted by Gasteiger charge is 2.35. The van der Waals surface area contributed by atoms with E-state index >= 15 is 0 Å². The van der Waals surface area contributed by atoms with Crippen LogP contribution in [0.25, 0.3) is 6.08 Å². The molecule has 5 rings (SSSR count). The van der Waals surface area contributed by atoms with Crippen molar-refractivity contribution in [1.82, 2.24) is 0 Å². The van der Waals surface area contributed by atoms with Crippen molar-refractivity contribution >= 4 is 79.4 Å². The number of ether oxygens (including phenoxy) is 2. The molecule has 0 atom stereocenters. The first-order valence-electron chi connectivity index (χ1n) is 12.5. The molecule has 41 heavy (non-hydrogen) atoms. The summed E-state index contributed by atoms with van der Waals surface area (Å²) in [6.45, 7) is 2.43. The van der Waals surface area contributed by atoms with E-state index in [-0.39, 0.29) is 18.3 Å². The molecule has 4 aromatic carbocycles. The monoisotopic (exact) mass is 670 g/mol. The van der Waals surface area contributed by atoms with Gasteiger partial charge in [0.2, 0.25) is 0 Å². The van der Waals surface area contributed by atoms with Crippen molar-refractivity contribution in [2.75, 3.05) is 11.5 Å². The quantitative estimate of drug-likeness (QED) is 0.175. The van der Waals surface area contributed by atoms with Crippen LogP contribution in [0.4, 0.5) is 15.8 Å². The van der Waals surface area contributed by atoms with Crippen LogP contribution in [0.2, 0.25) is 10.0 Å². The van der Waals surface area contributed by atoms with Gasteiger partial charge in [-0.1, -0.05) is 35.3 Å². The number of thioether (sulfide) groups is 1. The zero-order valence-electron chi connectivity index (χ0n) is 21.6. The molecule has 0 unspecified atom stereocenters. The number of amidine groups is 1. The summed E-state index contributed by atoms with van der Waals surface area (Å²) >= 11 is 17.0. The maximum Gasteiger partial charge on any atom is 0.271 e. The number of amides is 1. The maximum absolute atomic E-state index is 13.7. The minimum absolute atomic E-state index is 0.159. The fourth-order valence-electron chi connectivity index (χ4n) is 4.00. The molecule has 10 heteroatoms. The van der Waals surface area contributed by atoms with Crippen molar-refractivity contribution in [2.45, 2.75) is 13.5 Å². The number of hydrogen-bond donors (Lipinski definition) is 0. The summed E-state index contributed by atoms with van der Waals surface area (Å²) in [5.74, 6) is 0.412. The first-order valence-corrected chi connectivity index (χ1v) is 14.8. The van der Waals surface area contributed by atoms with E-state index < -0.39 is 0 Å². The Morgan fingerprint density at radius 2 is 1.68 bits per heavy atom. The lowest BCUT2D eigenvalue weighted by molar-refractivity contribution is -0.113. The molecular formula is C31H22BrCl2FN2O3S. The van der Waals surface area contributed by atoms with Gasteiger partial charge in [-0.2, -0.15) is 0 Å². The van der Waals surface area contributed by atoms with E-state index in [9.17, 15) is 9.18 Å². The molecule has 5 nitrogen and oxygen atoms in total. The molecule has 0 bridgehead atoms. The fourth-order valence-corrected chi connectivity index (χ4v) is 5.83. The Balaban J connectivity index is 1.48. The van der Waals surface area contributed by atoms with Gasteiger partial charge >= 0.3 is 0 Å². The lowest BCUT2D eigenvalue weighted by Crippen LogP contribution is -2.28. The van der Waals surface area contributed by atoms with Gasteiger partial charge in [0, 0.05) is 10.0 Å². The minimum atomic E-state index is -0.331. The molecule has 0 aromatic heterocycles. The molecule has 0 aliphatic carbocycles. The second-order valence-corrected chi connectivity index (χ2v) is 11.5. The van der Waals surface area contributed by atoms with Crippen molar-refractivity contribution in [3.05, 3.63) is 121 Å². The first-order chi connectivity index (χ1) is 19.8. The summed E-state index contributed by atoms with van der Waals surface area (Å²) in [6, 6.07) is 23.9. The van der Waals surface area contributed by atoms with Gasteiger partial charge in [0.05, 0.1) is 27.4 Å². The van der Waals surface area contributed by atoms with Crippen LogP contribution in [-0.4, -0.2) is 17.7 Å². The van der Waals surface area contributed by atoms with E-state index in [0.29, 0.717) is 59.6 Å². The van der Waals surface area contributed by atoms with Crippen molar-refractivity contribution in [1.29, 1.82) is 0 Å². The van der Waals surface area contributed by atoms with E-state index in [4.69, 9.17) is 37.7 Å². The van der Waals surface area contributed by atoms with E-state index in [0.717, 1.165) is 5.56 Å². The number of anilines is 1. The number of carbonyl (C=O) groups excluding carboxylic acids is 1. The molecule has 1 saturated heterocycles. The average Bonchev–Trinajstić information content (AvgIpc) is 3.24. The van der Waals surface area contributed by atoms with Crippen LogP contribution in [0.15, 0.2) is 99.3 Å². The third kappa shape index (κ3) is 7.13. The van der Waals surface area contributed by atoms with E-state index in [1.165, 1.54) is 23.9 Å². The Morgan fingerprint density at radius 3 is 2.37 bits per heavy atom.